The minimum atomic E-state index is -1.05. The molecule has 1 atom stereocenters. The largest absolute Gasteiger partial charge is 0.288 e. The Kier molecular flexibility index (Phi) is 5.87. The van der Waals surface area contributed by atoms with Crippen LogP contribution < -0.4 is 0 Å². The fourth-order valence-electron chi connectivity index (χ4n) is 2.21. The van der Waals surface area contributed by atoms with E-state index in [2.05, 4.69) is 0 Å². The number of benzene rings is 2. The number of hydrogen-bond acceptors (Lipinski definition) is 4. The average Bonchev–Trinajstić information content (AvgIpc) is 2.50. The van der Waals surface area contributed by atoms with Gasteiger partial charge in [-0.2, -0.15) is 0 Å². The van der Waals surface area contributed by atoms with Gasteiger partial charge in [-0.25, -0.2) is 0 Å². The lowest BCUT2D eigenvalue weighted by Gasteiger charge is -2.20. The van der Waals surface area contributed by atoms with E-state index in [4.69, 9.17) is 46.4 Å². The molecule has 2 aromatic carbocycles. The number of nitrogens with zero attached hydrogens (tertiary/aromatic N) is 2. The lowest BCUT2D eigenvalue weighted by molar-refractivity contribution is -0.385. The molecule has 0 aliphatic heterocycles. The molecule has 0 aliphatic carbocycles. The Labute approximate surface area is 156 Å². The zero-order valence-electron chi connectivity index (χ0n) is 11.7. The first-order valence-corrected chi connectivity index (χ1v) is 8.01. The smallest absolute Gasteiger partial charge is 0.258 e. The number of non-ortho nitro benzene ring substituents is 1. The molecule has 0 heterocycles. The van der Waals surface area contributed by atoms with Crippen molar-refractivity contribution in [3.8, 4) is 0 Å². The van der Waals surface area contributed by atoms with Crippen LogP contribution in [0.5, 0.6) is 0 Å². The maximum Gasteiger partial charge on any atom is 0.288 e. The molecule has 0 saturated carbocycles. The molecule has 2 aromatic rings. The first kappa shape index (κ1) is 18.7. The molecule has 0 fully saturated rings. The van der Waals surface area contributed by atoms with E-state index in [9.17, 15) is 20.2 Å². The quantitative estimate of drug-likeness (QED) is 0.357. The summed E-state index contributed by atoms with van der Waals surface area (Å²) in [5.41, 5.74) is 0.132. The van der Waals surface area contributed by atoms with E-state index in [1.807, 2.05) is 0 Å². The molecule has 10 heteroatoms. The van der Waals surface area contributed by atoms with Crippen LogP contribution in [-0.4, -0.2) is 14.7 Å². The molecule has 1 unspecified atom stereocenters. The first-order chi connectivity index (χ1) is 11.2. The number of hydrogen-bond donors (Lipinski definition) is 0. The second-order valence-corrected chi connectivity index (χ2v) is 6.72. The van der Waals surface area contributed by atoms with Crippen molar-refractivity contribution in [1.29, 1.82) is 0 Å². The summed E-state index contributed by atoms with van der Waals surface area (Å²) in [5.74, 6) is -0.809. The zero-order chi connectivity index (χ0) is 18.0. The zero-order valence-corrected chi connectivity index (χ0v) is 14.7. The average molecular weight is 410 g/mol. The molecule has 0 amide bonds. The summed E-state index contributed by atoms with van der Waals surface area (Å²) in [6, 6.07) is 7.90. The summed E-state index contributed by atoms with van der Waals surface area (Å²) < 4.78 is 0. The third-order valence-corrected chi connectivity index (χ3v) is 4.47. The minimum Gasteiger partial charge on any atom is -0.258 e. The Morgan fingerprint density at radius 3 is 2.04 bits per heavy atom. The lowest BCUT2D eigenvalue weighted by Crippen LogP contribution is -2.11. The van der Waals surface area contributed by atoms with Crippen molar-refractivity contribution in [2.24, 2.45) is 0 Å². The van der Waals surface area contributed by atoms with Gasteiger partial charge in [0.1, 0.15) is 9.86 Å². The molecular weight excluding hydrogens is 402 g/mol. The standard InChI is InChI=1S/C14H8Cl4N2O4/c15-10-4-2-8(19(21)22)6-9(10)13(14(17)18)7-1-3-11(16)12(5-7)20(23)24/h1-6,13-14H. The van der Waals surface area contributed by atoms with Crippen molar-refractivity contribution in [2.75, 3.05) is 0 Å². The van der Waals surface area contributed by atoms with Crippen molar-refractivity contribution in [3.05, 3.63) is 77.8 Å². The normalized spacial score (nSPS) is 12.2. The highest BCUT2D eigenvalue weighted by Crippen LogP contribution is 2.40. The van der Waals surface area contributed by atoms with Gasteiger partial charge in [0.05, 0.1) is 9.85 Å². The Morgan fingerprint density at radius 2 is 1.50 bits per heavy atom. The van der Waals surface area contributed by atoms with Crippen LogP contribution in [0.1, 0.15) is 17.0 Å². The lowest BCUT2D eigenvalue weighted by atomic mass is 9.92. The monoisotopic (exact) mass is 408 g/mol. The highest BCUT2D eigenvalue weighted by atomic mass is 35.5. The third kappa shape index (κ3) is 3.89. The van der Waals surface area contributed by atoms with E-state index < -0.39 is 20.6 Å². The molecule has 24 heavy (non-hydrogen) atoms. The van der Waals surface area contributed by atoms with Gasteiger partial charge in [-0.1, -0.05) is 29.3 Å². The van der Waals surface area contributed by atoms with Crippen LogP contribution in [0.2, 0.25) is 10.0 Å². The van der Waals surface area contributed by atoms with Gasteiger partial charge in [0.25, 0.3) is 11.4 Å². The Morgan fingerprint density at radius 1 is 0.875 bits per heavy atom. The maximum atomic E-state index is 11.1. The first-order valence-electron chi connectivity index (χ1n) is 6.38. The number of nitro benzene ring substituents is 2. The molecule has 0 N–H and O–H groups in total. The number of alkyl halides is 2. The molecule has 0 radical (unpaired) electrons. The summed E-state index contributed by atoms with van der Waals surface area (Å²) in [4.78, 5) is 19.7. The van der Waals surface area contributed by atoms with E-state index >= 15 is 0 Å². The summed E-state index contributed by atoms with van der Waals surface area (Å²) in [5, 5.41) is 22.2. The highest BCUT2D eigenvalue weighted by molar-refractivity contribution is 6.45. The van der Waals surface area contributed by atoms with Gasteiger partial charge < -0.3 is 0 Å². The molecule has 2 rings (SSSR count). The molecule has 0 aliphatic rings. The van der Waals surface area contributed by atoms with Crippen LogP contribution in [-0.2, 0) is 0 Å². The van der Waals surface area contributed by atoms with Crippen LogP contribution in [0, 0.1) is 20.2 Å². The van der Waals surface area contributed by atoms with Gasteiger partial charge in [-0.3, -0.25) is 20.2 Å². The molecule has 0 saturated heterocycles. The number of rotatable bonds is 5. The fraction of sp³-hybridized carbons (Fsp3) is 0.143. The van der Waals surface area contributed by atoms with Crippen molar-refractivity contribution >= 4 is 57.8 Å². The SMILES string of the molecule is O=[N+]([O-])c1ccc(Cl)c(C(c2ccc(Cl)c([N+](=O)[O-])c2)C(Cl)Cl)c1. The van der Waals surface area contributed by atoms with E-state index in [-0.39, 0.29) is 27.0 Å². The van der Waals surface area contributed by atoms with Gasteiger partial charge in [0.2, 0.25) is 0 Å². The van der Waals surface area contributed by atoms with E-state index in [1.165, 1.54) is 36.4 Å². The molecule has 0 aromatic heterocycles. The molecule has 6 nitrogen and oxygen atoms in total. The van der Waals surface area contributed by atoms with Crippen molar-refractivity contribution in [1.82, 2.24) is 0 Å². The molecule has 0 spiro atoms. The predicted molar refractivity (Wildman–Crippen MR) is 93.5 cm³/mol. The minimum absolute atomic E-state index is 0.0478. The van der Waals surface area contributed by atoms with Gasteiger partial charge >= 0.3 is 0 Å². The van der Waals surface area contributed by atoms with Crippen molar-refractivity contribution in [3.63, 3.8) is 0 Å². The topological polar surface area (TPSA) is 86.3 Å². The molecule has 126 valence electrons. The van der Waals surface area contributed by atoms with E-state index in [0.29, 0.717) is 5.56 Å². The Balaban J connectivity index is 2.63. The van der Waals surface area contributed by atoms with Gasteiger partial charge in [0, 0.05) is 29.1 Å². The van der Waals surface area contributed by atoms with Crippen molar-refractivity contribution in [2.45, 2.75) is 10.8 Å². The number of halogens is 4. The van der Waals surface area contributed by atoms with E-state index in [1.54, 1.807) is 0 Å². The van der Waals surface area contributed by atoms with Gasteiger partial charge in [-0.15, -0.1) is 23.2 Å². The van der Waals surface area contributed by atoms with Crippen LogP contribution in [0.15, 0.2) is 36.4 Å². The predicted octanol–water partition coefficient (Wildman–Crippen LogP) is 5.75. The second kappa shape index (κ2) is 7.53. The Hall–Kier alpha value is -1.60. The summed E-state index contributed by atoms with van der Waals surface area (Å²) in [7, 11) is 0. The van der Waals surface area contributed by atoms with Crippen LogP contribution in [0.4, 0.5) is 11.4 Å². The van der Waals surface area contributed by atoms with Gasteiger partial charge in [0.15, 0.2) is 0 Å². The Bertz CT molecular complexity index is 813. The number of nitro groups is 2. The van der Waals surface area contributed by atoms with Crippen molar-refractivity contribution < 1.29 is 9.85 Å². The summed E-state index contributed by atoms with van der Waals surface area (Å²) in [6.45, 7) is 0. The molecular formula is C14H8Cl4N2O4. The third-order valence-electron chi connectivity index (χ3n) is 3.30. The van der Waals surface area contributed by atoms with Crippen LogP contribution >= 0.6 is 46.4 Å². The van der Waals surface area contributed by atoms with Gasteiger partial charge in [-0.05, 0) is 23.3 Å². The van der Waals surface area contributed by atoms with Crippen LogP contribution in [0.25, 0.3) is 0 Å². The fourth-order valence-corrected chi connectivity index (χ4v) is 3.19. The summed E-state index contributed by atoms with van der Waals surface area (Å²) >= 11 is 24.0. The van der Waals surface area contributed by atoms with Crippen LogP contribution in [0.3, 0.4) is 0 Å². The maximum absolute atomic E-state index is 11.1. The van der Waals surface area contributed by atoms with E-state index in [0.717, 1.165) is 0 Å². The second-order valence-electron chi connectivity index (χ2n) is 4.74. The highest BCUT2D eigenvalue weighted by Gasteiger charge is 2.28. The summed E-state index contributed by atoms with van der Waals surface area (Å²) in [6.07, 6.45) is 0. The molecule has 0 bridgehead atoms.